The maximum Gasteiger partial charge on any atom is 0.0297 e. The fourth-order valence-electron chi connectivity index (χ4n) is 2.45. The molecule has 0 aliphatic heterocycles. The zero-order valence-corrected chi connectivity index (χ0v) is 9.79. The van der Waals surface area contributed by atoms with Gasteiger partial charge in [0, 0.05) is 6.04 Å². The highest BCUT2D eigenvalue weighted by atomic mass is 14.6. The lowest BCUT2D eigenvalue weighted by molar-refractivity contribution is 0.277. The van der Waals surface area contributed by atoms with E-state index in [1.165, 1.54) is 42.4 Å². The molecular weight excluding hydrogens is 182 g/mol. The minimum Gasteiger partial charge on any atom is -0.324 e. The molecule has 1 aromatic carbocycles. The molecule has 1 aliphatic carbocycles. The lowest BCUT2D eigenvalue weighted by Gasteiger charge is -2.28. The first-order valence-corrected chi connectivity index (χ1v) is 5.99. The SMILES string of the molecule is Cc1cc(C)cc(C(N)CC2CCC2)c1. The fourth-order valence-corrected chi connectivity index (χ4v) is 2.45. The van der Waals surface area contributed by atoms with Gasteiger partial charge in [0.15, 0.2) is 0 Å². The summed E-state index contributed by atoms with van der Waals surface area (Å²) in [7, 11) is 0. The summed E-state index contributed by atoms with van der Waals surface area (Å²) in [6.45, 7) is 4.29. The highest BCUT2D eigenvalue weighted by Gasteiger charge is 2.21. The predicted molar refractivity (Wildman–Crippen MR) is 64.8 cm³/mol. The molecule has 0 radical (unpaired) electrons. The average molecular weight is 203 g/mol. The molecule has 0 heterocycles. The van der Waals surface area contributed by atoms with Crippen molar-refractivity contribution in [1.29, 1.82) is 0 Å². The van der Waals surface area contributed by atoms with E-state index in [9.17, 15) is 0 Å². The lowest BCUT2D eigenvalue weighted by atomic mass is 9.79. The van der Waals surface area contributed by atoms with Gasteiger partial charge in [-0.05, 0) is 31.7 Å². The zero-order valence-electron chi connectivity index (χ0n) is 9.79. The second kappa shape index (κ2) is 4.36. The van der Waals surface area contributed by atoms with Gasteiger partial charge in [-0.2, -0.15) is 0 Å². The first kappa shape index (κ1) is 10.7. The van der Waals surface area contributed by atoms with Gasteiger partial charge in [0.25, 0.3) is 0 Å². The van der Waals surface area contributed by atoms with Crippen molar-refractivity contribution in [2.75, 3.05) is 0 Å². The van der Waals surface area contributed by atoms with Crippen molar-refractivity contribution in [3.05, 3.63) is 34.9 Å². The van der Waals surface area contributed by atoms with Crippen molar-refractivity contribution in [3.8, 4) is 0 Å². The van der Waals surface area contributed by atoms with Crippen molar-refractivity contribution in [2.24, 2.45) is 11.7 Å². The summed E-state index contributed by atoms with van der Waals surface area (Å²) in [5.74, 6) is 0.890. The van der Waals surface area contributed by atoms with Crippen LogP contribution in [0.3, 0.4) is 0 Å². The van der Waals surface area contributed by atoms with Gasteiger partial charge in [-0.25, -0.2) is 0 Å². The van der Waals surface area contributed by atoms with Crippen LogP contribution < -0.4 is 5.73 Å². The molecule has 2 N–H and O–H groups in total. The van der Waals surface area contributed by atoms with E-state index < -0.39 is 0 Å². The van der Waals surface area contributed by atoms with Crippen LogP contribution in [0.2, 0.25) is 0 Å². The summed E-state index contributed by atoms with van der Waals surface area (Å²) in [5.41, 5.74) is 10.2. The van der Waals surface area contributed by atoms with E-state index in [0.717, 1.165) is 5.92 Å². The van der Waals surface area contributed by atoms with Crippen molar-refractivity contribution in [3.63, 3.8) is 0 Å². The van der Waals surface area contributed by atoms with Crippen LogP contribution in [0.4, 0.5) is 0 Å². The smallest absolute Gasteiger partial charge is 0.0297 e. The van der Waals surface area contributed by atoms with Gasteiger partial charge < -0.3 is 5.73 Å². The molecule has 0 bridgehead atoms. The van der Waals surface area contributed by atoms with E-state index in [0.29, 0.717) is 0 Å². The van der Waals surface area contributed by atoms with Crippen molar-refractivity contribution in [1.82, 2.24) is 0 Å². The third kappa shape index (κ3) is 2.60. The fraction of sp³-hybridized carbons (Fsp3) is 0.571. The predicted octanol–water partition coefficient (Wildman–Crippen LogP) is 3.49. The van der Waals surface area contributed by atoms with Crippen molar-refractivity contribution in [2.45, 2.75) is 45.6 Å². The van der Waals surface area contributed by atoms with E-state index in [-0.39, 0.29) is 6.04 Å². The van der Waals surface area contributed by atoms with Crippen LogP contribution in [0, 0.1) is 19.8 Å². The Labute approximate surface area is 92.7 Å². The molecule has 1 atom stereocenters. The topological polar surface area (TPSA) is 26.0 Å². The maximum atomic E-state index is 6.24. The van der Waals surface area contributed by atoms with E-state index in [4.69, 9.17) is 5.73 Å². The molecule has 2 rings (SSSR count). The van der Waals surface area contributed by atoms with Gasteiger partial charge in [-0.1, -0.05) is 48.6 Å². The Balaban J connectivity index is 2.06. The summed E-state index contributed by atoms with van der Waals surface area (Å²) in [6.07, 6.45) is 5.35. The monoisotopic (exact) mass is 203 g/mol. The quantitative estimate of drug-likeness (QED) is 0.799. The number of rotatable bonds is 3. The average Bonchev–Trinajstić information content (AvgIpc) is 2.09. The number of aryl methyl sites for hydroxylation is 2. The van der Waals surface area contributed by atoms with Gasteiger partial charge in [0.2, 0.25) is 0 Å². The van der Waals surface area contributed by atoms with Gasteiger partial charge in [-0.15, -0.1) is 0 Å². The van der Waals surface area contributed by atoms with Gasteiger partial charge in [0.05, 0.1) is 0 Å². The van der Waals surface area contributed by atoms with Crippen molar-refractivity contribution < 1.29 is 0 Å². The van der Waals surface area contributed by atoms with Crippen molar-refractivity contribution >= 4 is 0 Å². The minimum atomic E-state index is 0.244. The largest absolute Gasteiger partial charge is 0.324 e. The maximum absolute atomic E-state index is 6.24. The highest BCUT2D eigenvalue weighted by Crippen LogP contribution is 2.34. The molecule has 0 saturated heterocycles. The Kier molecular flexibility index (Phi) is 3.11. The van der Waals surface area contributed by atoms with Crippen LogP contribution in [0.1, 0.15) is 48.4 Å². The van der Waals surface area contributed by atoms with E-state index in [1.54, 1.807) is 0 Å². The molecule has 1 aliphatic rings. The number of hydrogen-bond donors (Lipinski definition) is 1. The summed E-state index contributed by atoms with van der Waals surface area (Å²) < 4.78 is 0. The highest BCUT2D eigenvalue weighted by molar-refractivity contribution is 5.30. The van der Waals surface area contributed by atoms with Gasteiger partial charge >= 0.3 is 0 Å². The zero-order chi connectivity index (χ0) is 10.8. The summed E-state index contributed by atoms with van der Waals surface area (Å²) in [5, 5.41) is 0. The molecule has 1 saturated carbocycles. The Bertz CT molecular complexity index is 319. The third-order valence-corrected chi connectivity index (χ3v) is 3.48. The van der Waals surface area contributed by atoms with Crippen LogP contribution >= 0.6 is 0 Å². The molecule has 0 aromatic heterocycles. The van der Waals surface area contributed by atoms with Crippen LogP contribution in [0.25, 0.3) is 0 Å². The second-order valence-electron chi connectivity index (χ2n) is 5.06. The standard InChI is InChI=1S/C14H21N/c1-10-6-11(2)8-13(7-10)14(15)9-12-4-3-5-12/h6-8,12,14H,3-5,9,15H2,1-2H3. The molecule has 1 aromatic rings. The molecule has 1 nitrogen and oxygen atoms in total. The molecule has 1 heteroatoms. The van der Waals surface area contributed by atoms with Crippen LogP contribution in [0.15, 0.2) is 18.2 Å². The van der Waals surface area contributed by atoms with E-state index in [2.05, 4.69) is 32.0 Å². The van der Waals surface area contributed by atoms with E-state index >= 15 is 0 Å². The van der Waals surface area contributed by atoms with Gasteiger partial charge in [-0.3, -0.25) is 0 Å². The van der Waals surface area contributed by atoms with Gasteiger partial charge in [0.1, 0.15) is 0 Å². The summed E-state index contributed by atoms with van der Waals surface area (Å²) in [6, 6.07) is 6.92. The number of hydrogen-bond acceptors (Lipinski definition) is 1. The second-order valence-corrected chi connectivity index (χ2v) is 5.06. The molecule has 0 amide bonds. The normalized spacial score (nSPS) is 18.6. The Morgan fingerprint density at radius 3 is 2.27 bits per heavy atom. The molecule has 15 heavy (non-hydrogen) atoms. The Morgan fingerprint density at radius 2 is 1.80 bits per heavy atom. The summed E-state index contributed by atoms with van der Waals surface area (Å²) in [4.78, 5) is 0. The Morgan fingerprint density at radius 1 is 1.20 bits per heavy atom. The number of benzene rings is 1. The van der Waals surface area contributed by atoms with E-state index in [1.807, 2.05) is 0 Å². The first-order chi connectivity index (χ1) is 7.15. The van der Waals surface area contributed by atoms with Crippen LogP contribution in [-0.2, 0) is 0 Å². The molecule has 0 spiro atoms. The molecular formula is C14H21N. The molecule has 82 valence electrons. The third-order valence-electron chi connectivity index (χ3n) is 3.48. The first-order valence-electron chi connectivity index (χ1n) is 5.99. The lowest BCUT2D eigenvalue weighted by Crippen LogP contribution is -2.20. The van der Waals surface area contributed by atoms with Crippen LogP contribution in [-0.4, -0.2) is 0 Å². The Hall–Kier alpha value is -0.820. The molecule has 1 unspecified atom stereocenters. The van der Waals surface area contributed by atoms with Crippen LogP contribution in [0.5, 0.6) is 0 Å². The minimum absolute atomic E-state index is 0.244. The summed E-state index contributed by atoms with van der Waals surface area (Å²) >= 11 is 0. The number of nitrogens with two attached hydrogens (primary N) is 1. The molecule has 1 fully saturated rings.